The van der Waals surface area contributed by atoms with Gasteiger partial charge in [-0.05, 0) is 31.4 Å². The summed E-state index contributed by atoms with van der Waals surface area (Å²) in [6.07, 6.45) is 5.55. The maximum atomic E-state index is 5.98. The van der Waals surface area contributed by atoms with E-state index in [1.807, 2.05) is 11.8 Å². The number of thioether (sulfide) groups is 1. The van der Waals surface area contributed by atoms with Crippen LogP contribution in [0.15, 0.2) is 29.2 Å². The molecule has 0 aromatic heterocycles. The second-order valence-corrected chi connectivity index (χ2v) is 5.69. The van der Waals surface area contributed by atoms with E-state index >= 15 is 0 Å². The van der Waals surface area contributed by atoms with Crippen LogP contribution in [0.25, 0.3) is 0 Å². The van der Waals surface area contributed by atoms with Crippen LogP contribution in [0.5, 0.6) is 0 Å². The first kappa shape index (κ1) is 11.0. The Bertz CT molecular complexity index is 316. The summed E-state index contributed by atoms with van der Waals surface area (Å²) in [6, 6.07) is 8.71. The van der Waals surface area contributed by atoms with Crippen molar-refractivity contribution in [3.8, 4) is 0 Å². The minimum atomic E-state index is 0.148. The van der Waals surface area contributed by atoms with Crippen LogP contribution >= 0.6 is 11.8 Å². The standard InChI is InChI=1S/C13H19NS/c1-10(14)12-8-4-5-9-13(12)15-11-6-2-3-7-11/h4-5,8-11H,2-3,6-7,14H2,1H3/t10-/m1/s1. The molecule has 0 radical (unpaired) electrons. The second kappa shape index (κ2) is 5.04. The molecule has 0 amide bonds. The first-order chi connectivity index (χ1) is 7.27. The van der Waals surface area contributed by atoms with Crippen molar-refractivity contribution in [3.05, 3.63) is 29.8 Å². The molecule has 1 aliphatic rings. The van der Waals surface area contributed by atoms with Crippen LogP contribution < -0.4 is 5.73 Å². The first-order valence-corrected chi connectivity index (χ1v) is 6.66. The fraction of sp³-hybridized carbons (Fsp3) is 0.538. The summed E-state index contributed by atoms with van der Waals surface area (Å²) >= 11 is 2.03. The van der Waals surface area contributed by atoms with Gasteiger partial charge >= 0.3 is 0 Å². The maximum Gasteiger partial charge on any atom is 0.0277 e. The smallest absolute Gasteiger partial charge is 0.0277 e. The Hall–Kier alpha value is -0.470. The Kier molecular flexibility index (Phi) is 3.71. The predicted molar refractivity (Wildman–Crippen MR) is 67.2 cm³/mol. The molecule has 1 atom stereocenters. The molecule has 2 heteroatoms. The van der Waals surface area contributed by atoms with Gasteiger partial charge in [0, 0.05) is 16.2 Å². The molecule has 82 valence electrons. The molecular weight excluding hydrogens is 202 g/mol. The van der Waals surface area contributed by atoms with Crippen LogP contribution in [0.4, 0.5) is 0 Å². The summed E-state index contributed by atoms with van der Waals surface area (Å²) in [6.45, 7) is 2.06. The first-order valence-electron chi connectivity index (χ1n) is 5.78. The van der Waals surface area contributed by atoms with Crippen molar-refractivity contribution in [2.45, 2.75) is 48.8 Å². The molecule has 0 aliphatic heterocycles. The van der Waals surface area contributed by atoms with E-state index in [4.69, 9.17) is 5.73 Å². The molecule has 2 rings (SSSR count). The van der Waals surface area contributed by atoms with Crippen molar-refractivity contribution in [1.29, 1.82) is 0 Å². The number of benzene rings is 1. The third kappa shape index (κ3) is 2.76. The molecule has 0 saturated heterocycles. The summed E-state index contributed by atoms with van der Waals surface area (Å²) in [4.78, 5) is 1.39. The van der Waals surface area contributed by atoms with Gasteiger partial charge in [-0.3, -0.25) is 0 Å². The molecule has 0 spiro atoms. The van der Waals surface area contributed by atoms with Gasteiger partial charge in [-0.25, -0.2) is 0 Å². The van der Waals surface area contributed by atoms with E-state index in [2.05, 4.69) is 31.2 Å². The van der Waals surface area contributed by atoms with E-state index in [1.54, 1.807) is 0 Å². The van der Waals surface area contributed by atoms with Crippen LogP contribution in [0, 0.1) is 0 Å². The molecule has 1 aliphatic carbocycles. The van der Waals surface area contributed by atoms with Crippen LogP contribution in [-0.2, 0) is 0 Å². The lowest BCUT2D eigenvalue weighted by molar-refractivity contribution is 0.795. The average Bonchev–Trinajstić information content (AvgIpc) is 2.71. The fourth-order valence-corrected chi connectivity index (χ4v) is 3.63. The van der Waals surface area contributed by atoms with Gasteiger partial charge < -0.3 is 5.73 Å². The van der Waals surface area contributed by atoms with Crippen LogP contribution in [0.3, 0.4) is 0 Å². The molecule has 0 unspecified atom stereocenters. The average molecular weight is 221 g/mol. The zero-order chi connectivity index (χ0) is 10.7. The molecule has 1 aromatic carbocycles. The van der Waals surface area contributed by atoms with E-state index in [0.717, 1.165) is 5.25 Å². The van der Waals surface area contributed by atoms with Gasteiger partial charge in [-0.15, -0.1) is 11.8 Å². The third-order valence-electron chi connectivity index (χ3n) is 3.01. The summed E-state index contributed by atoms with van der Waals surface area (Å²) in [5.74, 6) is 0. The molecule has 2 N–H and O–H groups in total. The Morgan fingerprint density at radius 1 is 1.27 bits per heavy atom. The summed E-state index contributed by atoms with van der Waals surface area (Å²) in [5.41, 5.74) is 7.28. The molecule has 0 heterocycles. The Morgan fingerprint density at radius 3 is 2.60 bits per heavy atom. The van der Waals surface area contributed by atoms with Crippen molar-refractivity contribution in [2.24, 2.45) is 5.73 Å². The van der Waals surface area contributed by atoms with E-state index in [0.29, 0.717) is 0 Å². The Labute approximate surface area is 96.4 Å². The number of hydrogen-bond donors (Lipinski definition) is 1. The quantitative estimate of drug-likeness (QED) is 0.841. The molecule has 0 bridgehead atoms. The number of nitrogens with two attached hydrogens (primary N) is 1. The summed E-state index contributed by atoms with van der Waals surface area (Å²) in [7, 11) is 0. The predicted octanol–water partition coefficient (Wildman–Crippen LogP) is 3.74. The zero-order valence-corrected chi connectivity index (χ0v) is 10.1. The molecular formula is C13H19NS. The summed E-state index contributed by atoms with van der Waals surface area (Å²) in [5, 5.41) is 0.824. The fourth-order valence-electron chi connectivity index (χ4n) is 2.15. The van der Waals surface area contributed by atoms with Gasteiger partial charge in [0.1, 0.15) is 0 Å². The van der Waals surface area contributed by atoms with Gasteiger partial charge in [0.05, 0.1) is 0 Å². The van der Waals surface area contributed by atoms with E-state index in [-0.39, 0.29) is 6.04 Å². The monoisotopic (exact) mass is 221 g/mol. The highest BCUT2D eigenvalue weighted by atomic mass is 32.2. The van der Waals surface area contributed by atoms with Gasteiger partial charge in [-0.2, -0.15) is 0 Å². The van der Waals surface area contributed by atoms with Gasteiger partial charge in [0.15, 0.2) is 0 Å². The zero-order valence-electron chi connectivity index (χ0n) is 9.28. The Balaban J connectivity index is 2.12. The highest BCUT2D eigenvalue weighted by Gasteiger charge is 2.17. The van der Waals surface area contributed by atoms with Crippen LogP contribution in [-0.4, -0.2) is 5.25 Å². The van der Waals surface area contributed by atoms with Gasteiger partial charge in [0.25, 0.3) is 0 Å². The van der Waals surface area contributed by atoms with Crippen molar-refractivity contribution < 1.29 is 0 Å². The highest BCUT2D eigenvalue weighted by Crippen LogP contribution is 2.37. The molecule has 1 saturated carbocycles. The summed E-state index contributed by atoms with van der Waals surface area (Å²) < 4.78 is 0. The Morgan fingerprint density at radius 2 is 1.93 bits per heavy atom. The lowest BCUT2D eigenvalue weighted by Gasteiger charge is -2.15. The van der Waals surface area contributed by atoms with Gasteiger partial charge in [0.2, 0.25) is 0 Å². The van der Waals surface area contributed by atoms with Crippen LogP contribution in [0.2, 0.25) is 0 Å². The largest absolute Gasteiger partial charge is 0.324 e. The van der Waals surface area contributed by atoms with Crippen molar-refractivity contribution in [3.63, 3.8) is 0 Å². The van der Waals surface area contributed by atoms with Gasteiger partial charge in [-0.1, -0.05) is 31.0 Å². The lowest BCUT2D eigenvalue weighted by Crippen LogP contribution is -2.07. The molecule has 1 aromatic rings. The third-order valence-corrected chi connectivity index (χ3v) is 4.44. The van der Waals surface area contributed by atoms with Crippen molar-refractivity contribution in [2.75, 3.05) is 0 Å². The minimum Gasteiger partial charge on any atom is -0.324 e. The normalized spacial score (nSPS) is 19.3. The second-order valence-electron chi connectivity index (χ2n) is 4.35. The SMILES string of the molecule is C[C@@H](N)c1ccccc1SC1CCCC1. The molecule has 1 fully saturated rings. The van der Waals surface area contributed by atoms with Crippen molar-refractivity contribution >= 4 is 11.8 Å². The highest BCUT2D eigenvalue weighted by molar-refractivity contribution is 8.00. The van der Waals surface area contributed by atoms with E-state index in [9.17, 15) is 0 Å². The molecule has 15 heavy (non-hydrogen) atoms. The topological polar surface area (TPSA) is 26.0 Å². The van der Waals surface area contributed by atoms with E-state index in [1.165, 1.54) is 36.1 Å². The molecule has 1 nitrogen and oxygen atoms in total. The van der Waals surface area contributed by atoms with E-state index < -0.39 is 0 Å². The van der Waals surface area contributed by atoms with Crippen LogP contribution in [0.1, 0.15) is 44.2 Å². The number of rotatable bonds is 3. The maximum absolute atomic E-state index is 5.98. The number of hydrogen-bond acceptors (Lipinski definition) is 2. The lowest BCUT2D eigenvalue weighted by atomic mass is 10.1. The minimum absolute atomic E-state index is 0.148. The van der Waals surface area contributed by atoms with Crippen molar-refractivity contribution in [1.82, 2.24) is 0 Å².